The molecule has 0 radical (unpaired) electrons. The van der Waals surface area contributed by atoms with E-state index in [1.165, 1.54) is 7.11 Å². The van der Waals surface area contributed by atoms with E-state index in [0.29, 0.717) is 17.9 Å². The lowest BCUT2D eigenvalue weighted by molar-refractivity contribution is -0.124. The lowest BCUT2D eigenvalue weighted by atomic mass is 10.2. The summed E-state index contributed by atoms with van der Waals surface area (Å²) in [6.07, 6.45) is 0.839. The van der Waals surface area contributed by atoms with Crippen molar-refractivity contribution in [2.45, 2.75) is 13.3 Å². The van der Waals surface area contributed by atoms with Gasteiger partial charge in [0.1, 0.15) is 11.3 Å². The van der Waals surface area contributed by atoms with Crippen LogP contribution in [0.25, 0.3) is 0 Å². The SMILES string of the molecule is CCCNC(=O)COC(=O)c1ccccc1OC. The minimum Gasteiger partial charge on any atom is -0.496 e. The van der Waals surface area contributed by atoms with Crippen LogP contribution in [0.15, 0.2) is 24.3 Å². The first kappa shape index (κ1) is 14.0. The molecular weight excluding hydrogens is 234 g/mol. The van der Waals surface area contributed by atoms with Crippen molar-refractivity contribution in [2.75, 3.05) is 20.3 Å². The zero-order valence-electron chi connectivity index (χ0n) is 10.6. The molecule has 0 aromatic heterocycles. The molecule has 1 aromatic carbocycles. The molecule has 1 rings (SSSR count). The van der Waals surface area contributed by atoms with Crippen molar-refractivity contribution in [1.82, 2.24) is 5.32 Å². The predicted molar refractivity (Wildman–Crippen MR) is 66.6 cm³/mol. The van der Waals surface area contributed by atoms with Crippen molar-refractivity contribution < 1.29 is 19.1 Å². The normalized spacial score (nSPS) is 9.67. The molecule has 1 amide bonds. The number of carbonyl (C=O) groups excluding carboxylic acids is 2. The van der Waals surface area contributed by atoms with E-state index in [9.17, 15) is 9.59 Å². The number of hydrogen-bond acceptors (Lipinski definition) is 4. The molecule has 5 nitrogen and oxygen atoms in total. The Hall–Kier alpha value is -2.04. The molecule has 98 valence electrons. The molecule has 1 aromatic rings. The molecule has 0 saturated heterocycles. The molecule has 0 heterocycles. The van der Waals surface area contributed by atoms with Gasteiger partial charge in [-0.1, -0.05) is 19.1 Å². The van der Waals surface area contributed by atoms with Crippen LogP contribution in [0.3, 0.4) is 0 Å². The number of benzene rings is 1. The van der Waals surface area contributed by atoms with Gasteiger partial charge in [0.2, 0.25) is 0 Å². The maximum Gasteiger partial charge on any atom is 0.342 e. The van der Waals surface area contributed by atoms with Crippen LogP contribution >= 0.6 is 0 Å². The van der Waals surface area contributed by atoms with E-state index in [0.717, 1.165) is 6.42 Å². The molecule has 0 spiro atoms. The summed E-state index contributed by atoms with van der Waals surface area (Å²) in [6, 6.07) is 6.71. The molecule has 5 heteroatoms. The summed E-state index contributed by atoms with van der Waals surface area (Å²) in [7, 11) is 1.47. The zero-order valence-corrected chi connectivity index (χ0v) is 10.6. The molecule has 0 aliphatic rings. The van der Waals surface area contributed by atoms with E-state index in [4.69, 9.17) is 9.47 Å². The van der Waals surface area contributed by atoms with Crippen molar-refractivity contribution in [3.05, 3.63) is 29.8 Å². The van der Waals surface area contributed by atoms with Gasteiger partial charge in [-0.05, 0) is 18.6 Å². The summed E-state index contributed by atoms with van der Waals surface area (Å²) < 4.78 is 9.94. The Morgan fingerprint density at radius 1 is 1.28 bits per heavy atom. The van der Waals surface area contributed by atoms with E-state index in [1.807, 2.05) is 6.92 Å². The van der Waals surface area contributed by atoms with Gasteiger partial charge in [0.25, 0.3) is 5.91 Å². The number of para-hydroxylation sites is 1. The average molecular weight is 251 g/mol. The second-order valence-corrected chi connectivity index (χ2v) is 3.63. The summed E-state index contributed by atoms with van der Waals surface area (Å²) in [5.74, 6) is -0.448. The maximum absolute atomic E-state index is 11.7. The summed E-state index contributed by atoms with van der Waals surface area (Å²) >= 11 is 0. The average Bonchev–Trinajstić information content (AvgIpc) is 2.42. The summed E-state index contributed by atoms with van der Waals surface area (Å²) in [5.41, 5.74) is 0.309. The minimum atomic E-state index is -0.570. The Kier molecular flexibility index (Phi) is 5.70. The monoisotopic (exact) mass is 251 g/mol. The summed E-state index contributed by atoms with van der Waals surface area (Å²) in [5, 5.41) is 2.62. The highest BCUT2D eigenvalue weighted by molar-refractivity contribution is 5.93. The second-order valence-electron chi connectivity index (χ2n) is 3.63. The fourth-order valence-electron chi connectivity index (χ4n) is 1.34. The highest BCUT2D eigenvalue weighted by atomic mass is 16.5. The third kappa shape index (κ3) is 4.08. The third-order valence-corrected chi connectivity index (χ3v) is 2.23. The van der Waals surface area contributed by atoms with Gasteiger partial charge in [0.15, 0.2) is 6.61 Å². The number of carbonyl (C=O) groups is 2. The highest BCUT2D eigenvalue weighted by Crippen LogP contribution is 2.17. The van der Waals surface area contributed by atoms with Crippen molar-refractivity contribution in [3.63, 3.8) is 0 Å². The van der Waals surface area contributed by atoms with E-state index in [2.05, 4.69) is 5.32 Å². The van der Waals surface area contributed by atoms with Crippen LogP contribution in [0.4, 0.5) is 0 Å². The quantitative estimate of drug-likeness (QED) is 0.776. The van der Waals surface area contributed by atoms with Gasteiger partial charge in [-0.15, -0.1) is 0 Å². The van der Waals surface area contributed by atoms with Crippen molar-refractivity contribution in [1.29, 1.82) is 0 Å². The van der Waals surface area contributed by atoms with Crippen LogP contribution in [0.1, 0.15) is 23.7 Å². The minimum absolute atomic E-state index is 0.281. The first-order chi connectivity index (χ1) is 8.69. The molecule has 0 bridgehead atoms. The standard InChI is InChI=1S/C13H17NO4/c1-3-8-14-12(15)9-18-13(16)10-6-4-5-7-11(10)17-2/h4-7H,3,8-9H2,1-2H3,(H,14,15). The predicted octanol–water partition coefficient (Wildman–Crippen LogP) is 1.38. The van der Waals surface area contributed by atoms with Gasteiger partial charge < -0.3 is 14.8 Å². The molecule has 0 aliphatic carbocycles. The molecule has 0 saturated carbocycles. The first-order valence-electron chi connectivity index (χ1n) is 5.75. The Labute approximate surface area is 106 Å². The molecule has 0 fully saturated rings. The lowest BCUT2D eigenvalue weighted by Gasteiger charge is -2.08. The van der Waals surface area contributed by atoms with Gasteiger partial charge in [-0.2, -0.15) is 0 Å². The van der Waals surface area contributed by atoms with E-state index in [1.54, 1.807) is 24.3 Å². The van der Waals surface area contributed by atoms with Crippen LogP contribution < -0.4 is 10.1 Å². The van der Waals surface area contributed by atoms with E-state index in [-0.39, 0.29) is 12.5 Å². The maximum atomic E-state index is 11.7. The Bertz CT molecular complexity index is 417. The van der Waals surface area contributed by atoms with E-state index < -0.39 is 5.97 Å². The van der Waals surface area contributed by atoms with Crippen molar-refractivity contribution >= 4 is 11.9 Å². The number of rotatable bonds is 6. The van der Waals surface area contributed by atoms with Gasteiger partial charge in [0, 0.05) is 6.54 Å². The summed E-state index contributed by atoms with van der Waals surface area (Å²) in [4.78, 5) is 23.0. The van der Waals surface area contributed by atoms with Gasteiger partial charge in [-0.25, -0.2) is 4.79 Å². The van der Waals surface area contributed by atoms with Gasteiger partial charge in [0.05, 0.1) is 7.11 Å². The number of esters is 1. The van der Waals surface area contributed by atoms with E-state index >= 15 is 0 Å². The van der Waals surface area contributed by atoms with Gasteiger partial charge in [-0.3, -0.25) is 4.79 Å². The Balaban J connectivity index is 2.52. The van der Waals surface area contributed by atoms with Crippen LogP contribution in [0.5, 0.6) is 5.75 Å². The summed E-state index contributed by atoms with van der Waals surface area (Å²) in [6.45, 7) is 2.24. The third-order valence-electron chi connectivity index (χ3n) is 2.23. The number of methoxy groups -OCH3 is 1. The number of amides is 1. The molecule has 18 heavy (non-hydrogen) atoms. The molecule has 0 atom stereocenters. The Morgan fingerprint density at radius 2 is 2.00 bits per heavy atom. The molecule has 0 unspecified atom stereocenters. The number of ether oxygens (including phenoxy) is 2. The smallest absolute Gasteiger partial charge is 0.342 e. The van der Waals surface area contributed by atoms with Gasteiger partial charge >= 0.3 is 5.97 Å². The lowest BCUT2D eigenvalue weighted by Crippen LogP contribution is -2.29. The number of hydrogen-bond donors (Lipinski definition) is 1. The highest BCUT2D eigenvalue weighted by Gasteiger charge is 2.14. The van der Waals surface area contributed by atoms with Crippen molar-refractivity contribution in [3.8, 4) is 5.75 Å². The largest absolute Gasteiger partial charge is 0.496 e. The van der Waals surface area contributed by atoms with Crippen LogP contribution in [0.2, 0.25) is 0 Å². The Morgan fingerprint density at radius 3 is 2.67 bits per heavy atom. The number of nitrogens with one attached hydrogen (secondary N) is 1. The molecule has 0 aliphatic heterocycles. The van der Waals surface area contributed by atoms with Crippen LogP contribution in [-0.2, 0) is 9.53 Å². The molecular formula is C13H17NO4. The first-order valence-corrected chi connectivity index (χ1v) is 5.75. The van der Waals surface area contributed by atoms with Crippen LogP contribution in [0, 0.1) is 0 Å². The molecule has 1 N–H and O–H groups in total. The zero-order chi connectivity index (χ0) is 13.4. The van der Waals surface area contributed by atoms with Crippen molar-refractivity contribution in [2.24, 2.45) is 0 Å². The topological polar surface area (TPSA) is 64.6 Å². The fourth-order valence-corrected chi connectivity index (χ4v) is 1.34. The van der Waals surface area contributed by atoms with Crippen LogP contribution in [-0.4, -0.2) is 32.1 Å². The second kappa shape index (κ2) is 7.32. The fraction of sp³-hybridized carbons (Fsp3) is 0.385.